The summed E-state index contributed by atoms with van der Waals surface area (Å²) in [6, 6.07) is 4.54. The molecule has 0 aliphatic heterocycles. The van der Waals surface area contributed by atoms with Crippen LogP contribution in [0.15, 0.2) is 12.1 Å². The van der Waals surface area contributed by atoms with Crippen LogP contribution in [-0.2, 0) is 11.2 Å². The molecule has 1 aliphatic rings. The van der Waals surface area contributed by atoms with Gasteiger partial charge in [-0.2, -0.15) is 0 Å². The molecule has 4 nitrogen and oxygen atoms in total. The average molecular weight is 277 g/mol. The van der Waals surface area contributed by atoms with Crippen LogP contribution in [0.1, 0.15) is 36.0 Å². The number of carboxylic acids is 1. The van der Waals surface area contributed by atoms with Gasteiger partial charge in [0.15, 0.2) is 0 Å². The van der Waals surface area contributed by atoms with Crippen LogP contribution in [0.5, 0.6) is 5.75 Å². The van der Waals surface area contributed by atoms with Crippen molar-refractivity contribution in [1.82, 2.24) is 5.32 Å². The lowest BCUT2D eigenvalue weighted by atomic mass is 9.94. The van der Waals surface area contributed by atoms with Gasteiger partial charge in [0.25, 0.3) is 0 Å². The number of aryl methyl sites for hydroxylation is 2. The largest absolute Gasteiger partial charge is 0.497 e. The minimum absolute atomic E-state index is 0.00537. The number of ether oxygens (including phenoxy) is 1. The van der Waals surface area contributed by atoms with Crippen LogP contribution in [0, 0.1) is 13.8 Å². The van der Waals surface area contributed by atoms with Crippen LogP contribution in [-0.4, -0.2) is 30.3 Å². The molecule has 0 radical (unpaired) electrons. The summed E-state index contributed by atoms with van der Waals surface area (Å²) >= 11 is 0. The van der Waals surface area contributed by atoms with Gasteiger partial charge < -0.3 is 15.2 Å². The van der Waals surface area contributed by atoms with E-state index in [2.05, 4.69) is 19.2 Å². The van der Waals surface area contributed by atoms with Gasteiger partial charge in [-0.05, 0) is 61.9 Å². The normalized spacial score (nSPS) is 15.9. The predicted molar refractivity (Wildman–Crippen MR) is 78.4 cm³/mol. The summed E-state index contributed by atoms with van der Waals surface area (Å²) < 4.78 is 5.27. The van der Waals surface area contributed by atoms with Gasteiger partial charge in [-0.25, -0.2) is 0 Å². The van der Waals surface area contributed by atoms with Gasteiger partial charge in [0.2, 0.25) is 0 Å². The Kier molecular flexibility index (Phi) is 4.65. The number of rotatable bonds is 7. The smallest absolute Gasteiger partial charge is 0.304 e. The second-order valence-corrected chi connectivity index (χ2v) is 5.68. The van der Waals surface area contributed by atoms with Crippen LogP contribution < -0.4 is 10.1 Å². The van der Waals surface area contributed by atoms with E-state index in [1.807, 2.05) is 12.1 Å². The molecule has 1 aromatic carbocycles. The molecule has 0 saturated heterocycles. The van der Waals surface area contributed by atoms with E-state index in [9.17, 15) is 4.79 Å². The molecule has 0 amide bonds. The Hall–Kier alpha value is -1.55. The Morgan fingerprint density at radius 1 is 1.40 bits per heavy atom. The molecule has 1 aromatic rings. The Balaban J connectivity index is 2.14. The van der Waals surface area contributed by atoms with E-state index >= 15 is 0 Å². The van der Waals surface area contributed by atoms with Crippen molar-refractivity contribution in [3.63, 3.8) is 0 Å². The third kappa shape index (κ3) is 3.97. The highest BCUT2D eigenvalue weighted by Crippen LogP contribution is 2.25. The summed E-state index contributed by atoms with van der Waals surface area (Å²) in [6.45, 7) is 4.11. The zero-order valence-corrected chi connectivity index (χ0v) is 12.4. The molecule has 2 rings (SSSR count). The number of benzene rings is 1. The molecule has 2 N–H and O–H groups in total. The highest BCUT2D eigenvalue weighted by Gasteiger charge is 2.26. The maximum atomic E-state index is 11.0. The van der Waals surface area contributed by atoms with E-state index in [-0.39, 0.29) is 12.5 Å². The molecule has 1 saturated carbocycles. The van der Waals surface area contributed by atoms with Gasteiger partial charge in [0.1, 0.15) is 5.75 Å². The highest BCUT2D eigenvalue weighted by atomic mass is 16.5. The molecule has 1 unspecified atom stereocenters. The van der Waals surface area contributed by atoms with Crippen molar-refractivity contribution in [2.45, 2.75) is 51.6 Å². The van der Waals surface area contributed by atoms with Crippen LogP contribution in [0.2, 0.25) is 0 Å². The number of carbonyl (C=O) groups is 1. The molecular formula is C16H23NO3. The molecule has 1 fully saturated rings. The first kappa shape index (κ1) is 14.9. The van der Waals surface area contributed by atoms with Crippen molar-refractivity contribution in [1.29, 1.82) is 0 Å². The lowest BCUT2D eigenvalue weighted by molar-refractivity contribution is -0.137. The second-order valence-electron chi connectivity index (χ2n) is 5.68. The van der Waals surface area contributed by atoms with Crippen molar-refractivity contribution in [3.8, 4) is 5.75 Å². The van der Waals surface area contributed by atoms with E-state index in [4.69, 9.17) is 9.84 Å². The number of carboxylic acid groups (broad SMARTS) is 1. The summed E-state index contributed by atoms with van der Waals surface area (Å²) in [5.74, 6) is 0.112. The van der Waals surface area contributed by atoms with E-state index in [0.29, 0.717) is 6.04 Å². The van der Waals surface area contributed by atoms with E-state index in [1.54, 1.807) is 7.11 Å². The molecule has 1 atom stereocenters. The monoisotopic (exact) mass is 277 g/mol. The molecule has 0 aromatic heterocycles. The Morgan fingerprint density at radius 3 is 2.45 bits per heavy atom. The predicted octanol–water partition coefficient (Wildman–Crippen LogP) is 2.45. The Morgan fingerprint density at radius 2 is 2.00 bits per heavy atom. The van der Waals surface area contributed by atoms with Crippen molar-refractivity contribution < 1.29 is 14.6 Å². The van der Waals surface area contributed by atoms with Gasteiger partial charge in [-0.15, -0.1) is 0 Å². The van der Waals surface area contributed by atoms with E-state index in [0.717, 1.165) is 36.1 Å². The van der Waals surface area contributed by atoms with E-state index in [1.165, 1.54) is 5.56 Å². The molecule has 0 heterocycles. The topological polar surface area (TPSA) is 58.6 Å². The first-order chi connectivity index (χ1) is 9.49. The maximum absolute atomic E-state index is 11.0. The molecule has 20 heavy (non-hydrogen) atoms. The Bertz CT molecular complexity index is 471. The quantitative estimate of drug-likeness (QED) is 0.803. The van der Waals surface area contributed by atoms with Gasteiger partial charge in [-0.1, -0.05) is 0 Å². The summed E-state index contributed by atoms with van der Waals surface area (Å²) in [5.41, 5.74) is 3.55. The number of aliphatic carboxylic acids is 1. The molecule has 0 spiro atoms. The number of hydrogen-bond donors (Lipinski definition) is 2. The third-order valence-electron chi connectivity index (χ3n) is 3.83. The van der Waals surface area contributed by atoms with Crippen molar-refractivity contribution >= 4 is 5.97 Å². The summed E-state index contributed by atoms with van der Waals surface area (Å²) in [5, 5.41) is 12.5. The molecular weight excluding hydrogens is 254 g/mol. The highest BCUT2D eigenvalue weighted by molar-refractivity contribution is 5.67. The van der Waals surface area contributed by atoms with Crippen LogP contribution in [0.25, 0.3) is 0 Å². The minimum atomic E-state index is -0.744. The van der Waals surface area contributed by atoms with Crippen LogP contribution >= 0.6 is 0 Å². The lowest BCUT2D eigenvalue weighted by Crippen LogP contribution is -2.35. The fourth-order valence-electron chi connectivity index (χ4n) is 2.62. The number of methoxy groups -OCH3 is 1. The number of hydrogen-bond acceptors (Lipinski definition) is 3. The average Bonchev–Trinajstić information content (AvgIpc) is 3.16. The standard InChI is InChI=1S/C16H23NO3/c1-10-6-14(20-3)7-11(2)15(10)8-13(9-16(18)19)17-12-4-5-12/h6-7,12-13,17H,4-5,8-9H2,1-3H3,(H,18,19). The van der Waals surface area contributed by atoms with Crippen LogP contribution in [0.3, 0.4) is 0 Å². The van der Waals surface area contributed by atoms with Gasteiger partial charge in [0.05, 0.1) is 13.5 Å². The van der Waals surface area contributed by atoms with Gasteiger partial charge in [-0.3, -0.25) is 4.79 Å². The van der Waals surface area contributed by atoms with Crippen molar-refractivity contribution in [2.24, 2.45) is 0 Å². The van der Waals surface area contributed by atoms with Crippen molar-refractivity contribution in [2.75, 3.05) is 7.11 Å². The zero-order valence-electron chi connectivity index (χ0n) is 12.4. The molecule has 0 bridgehead atoms. The Labute approximate surface area is 120 Å². The zero-order chi connectivity index (χ0) is 14.7. The fourth-order valence-corrected chi connectivity index (χ4v) is 2.62. The molecule has 1 aliphatic carbocycles. The number of nitrogens with one attached hydrogen (secondary N) is 1. The van der Waals surface area contributed by atoms with Crippen LogP contribution in [0.4, 0.5) is 0 Å². The fraction of sp³-hybridized carbons (Fsp3) is 0.562. The molecule has 110 valence electrons. The van der Waals surface area contributed by atoms with Crippen molar-refractivity contribution in [3.05, 3.63) is 28.8 Å². The first-order valence-corrected chi connectivity index (χ1v) is 7.11. The third-order valence-corrected chi connectivity index (χ3v) is 3.83. The minimum Gasteiger partial charge on any atom is -0.497 e. The summed E-state index contributed by atoms with van der Waals surface area (Å²) in [6.07, 6.45) is 3.25. The van der Waals surface area contributed by atoms with Gasteiger partial charge >= 0.3 is 5.97 Å². The second kappa shape index (κ2) is 6.27. The SMILES string of the molecule is COc1cc(C)c(CC(CC(=O)O)NC2CC2)c(C)c1. The van der Waals surface area contributed by atoms with E-state index < -0.39 is 5.97 Å². The summed E-state index contributed by atoms with van der Waals surface area (Å²) in [7, 11) is 1.66. The lowest BCUT2D eigenvalue weighted by Gasteiger charge is -2.20. The molecule has 4 heteroatoms. The summed E-state index contributed by atoms with van der Waals surface area (Å²) in [4.78, 5) is 11.0. The first-order valence-electron chi connectivity index (χ1n) is 7.11. The van der Waals surface area contributed by atoms with Gasteiger partial charge in [0, 0.05) is 12.1 Å². The maximum Gasteiger partial charge on any atom is 0.304 e.